The molecule has 2 rings (SSSR count). The summed E-state index contributed by atoms with van der Waals surface area (Å²) in [7, 11) is 0. The third-order valence-corrected chi connectivity index (χ3v) is 2.36. The highest BCUT2D eigenvalue weighted by Crippen LogP contribution is 2.25. The smallest absolute Gasteiger partial charge is 0.477 e. The van der Waals surface area contributed by atoms with E-state index in [1.807, 2.05) is 0 Å². The summed E-state index contributed by atoms with van der Waals surface area (Å²) >= 11 is 0. The fraction of sp³-hybridized carbons (Fsp3) is 0.0769. The van der Waals surface area contributed by atoms with Gasteiger partial charge in [0.25, 0.3) is 0 Å². The molecule has 2 aromatic rings. The van der Waals surface area contributed by atoms with Crippen molar-refractivity contribution in [2.75, 3.05) is 5.32 Å². The van der Waals surface area contributed by atoms with Gasteiger partial charge in [0.2, 0.25) is 0 Å². The highest BCUT2D eigenvalue weighted by atomic mass is 19.4. The molecule has 1 aromatic heterocycles. The summed E-state index contributed by atoms with van der Waals surface area (Å²) in [5.41, 5.74) is 0.788. The van der Waals surface area contributed by atoms with E-state index in [4.69, 9.17) is 5.11 Å². The fourth-order valence-electron chi connectivity index (χ4n) is 1.53. The Morgan fingerprint density at radius 1 is 1.14 bits per heavy atom. The first-order chi connectivity index (χ1) is 9.83. The zero-order chi connectivity index (χ0) is 15.5. The van der Waals surface area contributed by atoms with E-state index in [-0.39, 0.29) is 11.4 Å². The van der Waals surface area contributed by atoms with Crippen molar-refractivity contribution in [3.63, 3.8) is 0 Å². The molecule has 21 heavy (non-hydrogen) atoms. The van der Waals surface area contributed by atoms with Gasteiger partial charge in [0.05, 0.1) is 0 Å². The van der Waals surface area contributed by atoms with Crippen molar-refractivity contribution in [2.45, 2.75) is 6.36 Å². The van der Waals surface area contributed by atoms with Crippen LogP contribution in [0.5, 0.6) is 5.75 Å². The van der Waals surface area contributed by atoms with Crippen LogP contribution in [0.3, 0.4) is 0 Å². The Morgan fingerprint density at radius 2 is 1.81 bits per heavy atom. The van der Waals surface area contributed by atoms with Crippen LogP contribution in [0.25, 0.3) is 0 Å². The van der Waals surface area contributed by atoms with Gasteiger partial charge in [0, 0.05) is 17.6 Å². The number of aromatic carboxylic acids is 1. The number of pyridine rings is 1. The van der Waals surface area contributed by atoms with Crippen molar-refractivity contribution in [2.24, 2.45) is 0 Å². The summed E-state index contributed by atoms with van der Waals surface area (Å²) in [6.45, 7) is 0. The van der Waals surface area contributed by atoms with Gasteiger partial charge < -0.3 is 15.2 Å². The SMILES string of the molecule is O=C(O)c1cc(Nc2ccc(OC(F)(F)F)cc2)ccn1. The lowest BCUT2D eigenvalue weighted by Gasteiger charge is -2.10. The summed E-state index contributed by atoms with van der Waals surface area (Å²) in [5.74, 6) is -1.51. The van der Waals surface area contributed by atoms with Crippen LogP contribution in [-0.4, -0.2) is 22.4 Å². The molecule has 0 saturated carbocycles. The Labute approximate surface area is 117 Å². The van der Waals surface area contributed by atoms with Crippen molar-refractivity contribution in [3.05, 3.63) is 48.3 Å². The number of hydrogen-bond donors (Lipinski definition) is 2. The van der Waals surface area contributed by atoms with Gasteiger partial charge in [-0.1, -0.05) is 0 Å². The largest absolute Gasteiger partial charge is 0.573 e. The first-order valence-electron chi connectivity index (χ1n) is 5.66. The topological polar surface area (TPSA) is 71.5 Å². The number of benzene rings is 1. The van der Waals surface area contributed by atoms with Crippen molar-refractivity contribution < 1.29 is 27.8 Å². The zero-order valence-corrected chi connectivity index (χ0v) is 10.4. The maximum Gasteiger partial charge on any atom is 0.573 e. The maximum atomic E-state index is 12.0. The number of nitrogens with one attached hydrogen (secondary N) is 1. The minimum atomic E-state index is -4.74. The van der Waals surface area contributed by atoms with E-state index in [9.17, 15) is 18.0 Å². The zero-order valence-electron chi connectivity index (χ0n) is 10.4. The number of carboxylic acids is 1. The second kappa shape index (κ2) is 5.70. The van der Waals surface area contributed by atoms with Crippen LogP contribution in [0.2, 0.25) is 0 Å². The molecule has 0 unspecified atom stereocenters. The number of carbonyl (C=O) groups is 1. The first kappa shape index (κ1) is 14.6. The Morgan fingerprint density at radius 3 is 2.38 bits per heavy atom. The standard InChI is InChI=1S/C13H9F3N2O3/c14-13(15,16)21-10-3-1-8(2-4-10)18-9-5-6-17-11(7-9)12(19)20/h1-7H,(H,17,18)(H,19,20). The predicted molar refractivity (Wildman–Crippen MR) is 67.6 cm³/mol. The second-order valence-corrected chi connectivity index (χ2v) is 3.93. The van der Waals surface area contributed by atoms with E-state index in [0.29, 0.717) is 11.4 Å². The quantitative estimate of drug-likeness (QED) is 0.905. The molecule has 0 aliphatic heterocycles. The van der Waals surface area contributed by atoms with Gasteiger partial charge in [-0.15, -0.1) is 13.2 Å². The van der Waals surface area contributed by atoms with Crippen molar-refractivity contribution >= 4 is 17.3 Å². The van der Waals surface area contributed by atoms with E-state index < -0.39 is 12.3 Å². The first-order valence-corrected chi connectivity index (χ1v) is 5.66. The molecule has 5 nitrogen and oxygen atoms in total. The monoisotopic (exact) mass is 298 g/mol. The van der Waals surface area contributed by atoms with Crippen LogP contribution in [0, 0.1) is 0 Å². The Balaban J connectivity index is 2.10. The number of ether oxygens (including phenoxy) is 1. The van der Waals surface area contributed by atoms with Crippen LogP contribution >= 0.6 is 0 Å². The lowest BCUT2D eigenvalue weighted by atomic mass is 10.2. The van der Waals surface area contributed by atoms with Gasteiger partial charge in [-0.3, -0.25) is 0 Å². The van der Waals surface area contributed by atoms with Crippen molar-refractivity contribution in [1.82, 2.24) is 4.98 Å². The van der Waals surface area contributed by atoms with Gasteiger partial charge in [-0.2, -0.15) is 0 Å². The van der Waals surface area contributed by atoms with E-state index in [0.717, 1.165) is 12.1 Å². The Hall–Kier alpha value is -2.77. The molecule has 110 valence electrons. The molecule has 0 aliphatic rings. The summed E-state index contributed by atoms with van der Waals surface area (Å²) in [6.07, 6.45) is -3.43. The minimum absolute atomic E-state index is 0.142. The molecule has 0 fully saturated rings. The van der Waals surface area contributed by atoms with Crippen LogP contribution in [0.1, 0.15) is 10.5 Å². The number of anilines is 2. The number of nitrogens with zero attached hydrogens (tertiary/aromatic N) is 1. The Bertz CT molecular complexity index is 642. The van der Waals surface area contributed by atoms with Gasteiger partial charge in [-0.05, 0) is 36.4 Å². The summed E-state index contributed by atoms with van der Waals surface area (Å²) in [4.78, 5) is 14.4. The Kier molecular flexibility index (Phi) is 3.97. The molecule has 1 aromatic carbocycles. The van der Waals surface area contributed by atoms with Crippen molar-refractivity contribution in [1.29, 1.82) is 0 Å². The number of alkyl halides is 3. The number of rotatable bonds is 4. The summed E-state index contributed by atoms with van der Waals surface area (Å²) in [5, 5.41) is 11.7. The van der Waals surface area contributed by atoms with Crippen LogP contribution in [-0.2, 0) is 0 Å². The van der Waals surface area contributed by atoms with E-state index in [1.165, 1.54) is 30.5 Å². The van der Waals surface area contributed by atoms with Crippen LogP contribution in [0.15, 0.2) is 42.6 Å². The highest BCUT2D eigenvalue weighted by molar-refractivity contribution is 5.86. The molecule has 0 aliphatic carbocycles. The number of carboxylic acid groups (broad SMARTS) is 1. The summed E-state index contributed by atoms with van der Waals surface area (Å²) < 4.78 is 39.8. The molecule has 0 saturated heterocycles. The average molecular weight is 298 g/mol. The molecular weight excluding hydrogens is 289 g/mol. The van der Waals surface area contributed by atoms with E-state index in [2.05, 4.69) is 15.0 Å². The molecule has 0 bridgehead atoms. The van der Waals surface area contributed by atoms with Gasteiger partial charge in [0.1, 0.15) is 11.4 Å². The van der Waals surface area contributed by atoms with Gasteiger partial charge in [0.15, 0.2) is 0 Å². The molecule has 8 heteroatoms. The number of halogens is 3. The second-order valence-electron chi connectivity index (χ2n) is 3.93. The van der Waals surface area contributed by atoms with E-state index >= 15 is 0 Å². The molecule has 0 atom stereocenters. The molecule has 0 amide bonds. The number of hydrogen-bond acceptors (Lipinski definition) is 4. The predicted octanol–water partition coefficient (Wildman–Crippen LogP) is 3.42. The normalized spacial score (nSPS) is 11.0. The average Bonchev–Trinajstić information content (AvgIpc) is 2.40. The molecule has 0 radical (unpaired) electrons. The maximum absolute atomic E-state index is 12.0. The van der Waals surface area contributed by atoms with Crippen molar-refractivity contribution in [3.8, 4) is 5.75 Å². The molecule has 0 spiro atoms. The highest BCUT2D eigenvalue weighted by Gasteiger charge is 2.30. The van der Waals surface area contributed by atoms with Gasteiger partial charge in [-0.25, -0.2) is 9.78 Å². The minimum Gasteiger partial charge on any atom is -0.477 e. The fourth-order valence-corrected chi connectivity index (χ4v) is 1.53. The molecule has 1 heterocycles. The van der Waals surface area contributed by atoms with Crippen LogP contribution in [0.4, 0.5) is 24.5 Å². The third kappa shape index (κ3) is 4.37. The van der Waals surface area contributed by atoms with Crippen LogP contribution < -0.4 is 10.1 Å². The third-order valence-electron chi connectivity index (χ3n) is 2.36. The number of aromatic nitrogens is 1. The molecular formula is C13H9F3N2O3. The lowest BCUT2D eigenvalue weighted by Crippen LogP contribution is -2.16. The van der Waals surface area contributed by atoms with E-state index in [1.54, 1.807) is 0 Å². The molecule has 2 N–H and O–H groups in total. The lowest BCUT2D eigenvalue weighted by molar-refractivity contribution is -0.274. The summed E-state index contributed by atoms with van der Waals surface area (Å²) in [6, 6.07) is 7.89. The van der Waals surface area contributed by atoms with Gasteiger partial charge >= 0.3 is 12.3 Å².